The molecule has 24 heavy (non-hydrogen) atoms. The maximum atomic E-state index is 12.6. The number of benzene rings is 1. The fourth-order valence-corrected chi connectivity index (χ4v) is 3.11. The summed E-state index contributed by atoms with van der Waals surface area (Å²) in [5.41, 5.74) is 0.975. The second-order valence-corrected chi connectivity index (χ2v) is 5.70. The number of urea groups is 1. The number of nitrogens with zero attached hydrogens (tertiary/aromatic N) is 1. The first-order chi connectivity index (χ1) is 11.7. The van der Waals surface area contributed by atoms with E-state index in [9.17, 15) is 4.79 Å². The third-order valence-electron chi connectivity index (χ3n) is 4.30. The molecule has 0 aliphatic carbocycles. The number of furan rings is 1. The van der Waals surface area contributed by atoms with Crippen LogP contribution in [0.1, 0.15) is 30.2 Å². The van der Waals surface area contributed by atoms with Crippen LogP contribution < -0.4 is 14.8 Å². The molecule has 128 valence electrons. The third-order valence-corrected chi connectivity index (χ3v) is 4.30. The Morgan fingerprint density at radius 3 is 2.92 bits per heavy atom. The highest BCUT2D eigenvalue weighted by atomic mass is 16.5. The van der Waals surface area contributed by atoms with E-state index in [2.05, 4.69) is 5.32 Å². The topological polar surface area (TPSA) is 63.9 Å². The van der Waals surface area contributed by atoms with Gasteiger partial charge in [-0.05, 0) is 43.2 Å². The Balaban J connectivity index is 1.76. The molecule has 0 saturated carbocycles. The van der Waals surface area contributed by atoms with Gasteiger partial charge in [0.15, 0.2) is 0 Å². The van der Waals surface area contributed by atoms with Crippen LogP contribution in [-0.4, -0.2) is 31.7 Å². The number of carbonyl (C=O) groups excluding carboxylic acids is 1. The molecule has 1 aromatic heterocycles. The summed E-state index contributed by atoms with van der Waals surface area (Å²) in [6.45, 7) is 1.10. The first-order valence-corrected chi connectivity index (χ1v) is 8.01. The summed E-state index contributed by atoms with van der Waals surface area (Å²) in [6.07, 6.45) is 3.46. The molecular formula is C18H22N2O4. The molecule has 0 unspecified atom stereocenters. The van der Waals surface area contributed by atoms with E-state index < -0.39 is 0 Å². The average Bonchev–Trinajstić information content (AvgIpc) is 3.30. The zero-order valence-electron chi connectivity index (χ0n) is 14.0. The highest BCUT2D eigenvalue weighted by Crippen LogP contribution is 2.38. The average molecular weight is 330 g/mol. The number of methoxy groups -OCH3 is 2. The molecule has 0 spiro atoms. The first kappa shape index (κ1) is 16.2. The Hall–Kier alpha value is -2.63. The van der Waals surface area contributed by atoms with Gasteiger partial charge in [0.05, 0.1) is 33.1 Å². The number of likely N-dealkylation sites (tertiary alicyclic amines) is 1. The molecule has 6 heteroatoms. The van der Waals surface area contributed by atoms with Crippen LogP contribution in [0.2, 0.25) is 0 Å². The SMILES string of the molecule is COc1ccc(OC)c([C@H]2CCCN2C(=O)NCc2ccco2)c1. The number of rotatable bonds is 5. The zero-order valence-corrected chi connectivity index (χ0v) is 14.0. The van der Waals surface area contributed by atoms with Crippen LogP contribution in [0.15, 0.2) is 41.0 Å². The Labute approximate surface area is 141 Å². The standard InChI is InChI=1S/C18H22N2O4/c1-22-13-7-8-17(23-2)15(11-13)16-6-3-9-20(16)18(21)19-12-14-5-4-10-24-14/h4-5,7-8,10-11,16H,3,6,9,12H2,1-2H3,(H,19,21)/t16-/m1/s1. The number of hydrogen-bond acceptors (Lipinski definition) is 4. The smallest absolute Gasteiger partial charge is 0.318 e. The fourth-order valence-electron chi connectivity index (χ4n) is 3.11. The third kappa shape index (κ3) is 3.32. The minimum atomic E-state index is -0.0984. The van der Waals surface area contributed by atoms with E-state index in [1.54, 1.807) is 26.5 Å². The van der Waals surface area contributed by atoms with Gasteiger partial charge in [0.2, 0.25) is 0 Å². The van der Waals surface area contributed by atoms with Gasteiger partial charge in [0.1, 0.15) is 17.3 Å². The van der Waals surface area contributed by atoms with Gasteiger partial charge in [-0.3, -0.25) is 0 Å². The quantitative estimate of drug-likeness (QED) is 0.913. The lowest BCUT2D eigenvalue weighted by Gasteiger charge is -2.26. The minimum Gasteiger partial charge on any atom is -0.497 e. The van der Waals surface area contributed by atoms with Crippen LogP contribution in [0.25, 0.3) is 0 Å². The maximum absolute atomic E-state index is 12.6. The molecule has 1 aliphatic rings. The molecule has 1 saturated heterocycles. The van der Waals surface area contributed by atoms with Gasteiger partial charge in [0, 0.05) is 12.1 Å². The molecular weight excluding hydrogens is 308 g/mol. The Kier molecular flexibility index (Phi) is 4.93. The van der Waals surface area contributed by atoms with Gasteiger partial charge in [-0.1, -0.05) is 0 Å². The lowest BCUT2D eigenvalue weighted by molar-refractivity contribution is 0.190. The van der Waals surface area contributed by atoms with Crippen molar-refractivity contribution in [2.45, 2.75) is 25.4 Å². The van der Waals surface area contributed by atoms with Gasteiger partial charge in [-0.2, -0.15) is 0 Å². The molecule has 3 rings (SSSR count). The summed E-state index contributed by atoms with van der Waals surface area (Å²) >= 11 is 0. The highest BCUT2D eigenvalue weighted by molar-refractivity contribution is 5.75. The summed E-state index contributed by atoms with van der Waals surface area (Å²) in [5.74, 6) is 2.26. The molecule has 1 aliphatic heterocycles. The molecule has 6 nitrogen and oxygen atoms in total. The van der Waals surface area contributed by atoms with Gasteiger partial charge in [-0.25, -0.2) is 4.79 Å². The minimum absolute atomic E-state index is 0.0216. The zero-order chi connectivity index (χ0) is 16.9. The number of ether oxygens (including phenoxy) is 2. The van der Waals surface area contributed by atoms with Crippen molar-refractivity contribution in [3.05, 3.63) is 47.9 Å². The van der Waals surface area contributed by atoms with E-state index in [1.165, 1.54) is 0 Å². The molecule has 1 fully saturated rings. The van der Waals surface area contributed by atoms with Crippen LogP contribution in [0.5, 0.6) is 11.5 Å². The molecule has 2 amide bonds. The Bertz CT molecular complexity index is 684. The fraction of sp³-hybridized carbons (Fsp3) is 0.389. The summed E-state index contributed by atoms with van der Waals surface area (Å²) in [4.78, 5) is 14.4. The van der Waals surface area contributed by atoms with Crippen molar-refractivity contribution in [2.24, 2.45) is 0 Å². The lowest BCUT2D eigenvalue weighted by atomic mass is 10.0. The van der Waals surface area contributed by atoms with Crippen molar-refractivity contribution in [2.75, 3.05) is 20.8 Å². The molecule has 0 radical (unpaired) electrons. The van der Waals surface area contributed by atoms with Crippen molar-refractivity contribution >= 4 is 6.03 Å². The van der Waals surface area contributed by atoms with Gasteiger partial charge >= 0.3 is 6.03 Å². The summed E-state index contributed by atoms with van der Waals surface area (Å²) in [6, 6.07) is 9.21. The van der Waals surface area contributed by atoms with E-state index >= 15 is 0 Å². The van der Waals surface area contributed by atoms with Crippen molar-refractivity contribution in [1.82, 2.24) is 10.2 Å². The lowest BCUT2D eigenvalue weighted by Crippen LogP contribution is -2.39. The molecule has 1 aromatic carbocycles. The predicted octanol–water partition coefficient (Wildman–Crippen LogP) is 3.34. The second kappa shape index (κ2) is 7.29. The van der Waals surface area contributed by atoms with E-state index in [1.807, 2.05) is 29.2 Å². The second-order valence-electron chi connectivity index (χ2n) is 5.70. The summed E-state index contributed by atoms with van der Waals surface area (Å²) < 4.78 is 16.0. The Morgan fingerprint density at radius 1 is 1.33 bits per heavy atom. The monoisotopic (exact) mass is 330 g/mol. The molecule has 2 heterocycles. The van der Waals surface area contributed by atoms with E-state index in [4.69, 9.17) is 13.9 Å². The van der Waals surface area contributed by atoms with Crippen LogP contribution in [0.3, 0.4) is 0 Å². The predicted molar refractivity (Wildman–Crippen MR) is 89.2 cm³/mol. The maximum Gasteiger partial charge on any atom is 0.318 e. The van der Waals surface area contributed by atoms with Crippen molar-refractivity contribution < 1.29 is 18.7 Å². The van der Waals surface area contributed by atoms with Crippen LogP contribution in [0.4, 0.5) is 4.79 Å². The van der Waals surface area contributed by atoms with E-state index in [0.29, 0.717) is 6.54 Å². The normalized spacial score (nSPS) is 16.9. The van der Waals surface area contributed by atoms with Crippen molar-refractivity contribution in [3.63, 3.8) is 0 Å². The molecule has 1 atom stereocenters. The summed E-state index contributed by atoms with van der Waals surface area (Å²) in [7, 11) is 3.27. The van der Waals surface area contributed by atoms with Gasteiger partial charge < -0.3 is 24.1 Å². The van der Waals surface area contributed by atoms with Crippen LogP contribution in [0, 0.1) is 0 Å². The van der Waals surface area contributed by atoms with Crippen LogP contribution >= 0.6 is 0 Å². The van der Waals surface area contributed by atoms with Crippen molar-refractivity contribution in [3.8, 4) is 11.5 Å². The highest BCUT2D eigenvalue weighted by Gasteiger charge is 2.32. The Morgan fingerprint density at radius 2 is 2.21 bits per heavy atom. The largest absolute Gasteiger partial charge is 0.497 e. The van der Waals surface area contributed by atoms with Crippen LogP contribution in [-0.2, 0) is 6.54 Å². The van der Waals surface area contributed by atoms with Gasteiger partial charge in [-0.15, -0.1) is 0 Å². The number of amides is 2. The van der Waals surface area contributed by atoms with Crippen molar-refractivity contribution in [1.29, 1.82) is 0 Å². The van der Waals surface area contributed by atoms with E-state index in [-0.39, 0.29) is 12.1 Å². The van der Waals surface area contributed by atoms with Gasteiger partial charge in [0.25, 0.3) is 0 Å². The summed E-state index contributed by atoms with van der Waals surface area (Å²) in [5, 5.41) is 2.91. The number of hydrogen-bond donors (Lipinski definition) is 1. The molecule has 0 bridgehead atoms. The first-order valence-electron chi connectivity index (χ1n) is 8.01. The van der Waals surface area contributed by atoms with E-state index in [0.717, 1.165) is 42.2 Å². The number of nitrogens with one attached hydrogen (secondary N) is 1. The molecule has 1 N–H and O–H groups in total. The molecule has 2 aromatic rings. The number of carbonyl (C=O) groups is 1.